The van der Waals surface area contributed by atoms with Crippen molar-refractivity contribution in [2.24, 2.45) is 11.8 Å². The molecule has 0 aromatic heterocycles. The minimum atomic E-state index is -0.460. The Hall–Kier alpha value is -0.810. The molecule has 5 nitrogen and oxygen atoms in total. The number of nitrogens with zero attached hydrogens (tertiary/aromatic N) is 1. The molecule has 1 saturated heterocycles. The summed E-state index contributed by atoms with van der Waals surface area (Å²) in [5.74, 6) is 1.10. The number of rotatable bonds is 6. The van der Waals surface area contributed by atoms with Crippen LogP contribution in [0.25, 0.3) is 0 Å². The quantitative estimate of drug-likeness (QED) is 0.788. The molecule has 1 aliphatic heterocycles. The Morgan fingerprint density at radius 3 is 2.48 bits per heavy atom. The maximum absolute atomic E-state index is 11.9. The van der Waals surface area contributed by atoms with Crippen molar-refractivity contribution < 1.29 is 9.53 Å². The van der Waals surface area contributed by atoms with Crippen molar-refractivity contribution in [2.75, 3.05) is 33.2 Å². The predicted octanol–water partition coefficient (Wildman–Crippen LogP) is 2.86. The summed E-state index contributed by atoms with van der Waals surface area (Å²) in [5, 5.41) is 6.63. The molecular weight excluding hydrogens is 290 g/mol. The van der Waals surface area contributed by atoms with Crippen LogP contribution < -0.4 is 10.6 Å². The van der Waals surface area contributed by atoms with E-state index in [0.29, 0.717) is 18.4 Å². The van der Waals surface area contributed by atoms with Gasteiger partial charge in [-0.05, 0) is 72.5 Å². The molecule has 1 rings (SSSR count). The van der Waals surface area contributed by atoms with E-state index < -0.39 is 5.60 Å². The van der Waals surface area contributed by atoms with Crippen molar-refractivity contribution >= 4 is 6.09 Å². The van der Waals surface area contributed by atoms with Crippen molar-refractivity contribution in [2.45, 2.75) is 65.5 Å². The molecule has 0 radical (unpaired) electrons. The van der Waals surface area contributed by atoms with Crippen LogP contribution in [-0.2, 0) is 4.74 Å². The van der Waals surface area contributed by atoms with Crippen molar-refractivity contribution in [1.29, 1.82) is 0 Å². The number of piperidine rings is 1. The van der Waals surface area contributed by atoms with E-state index in [1.54, 1.807) is 0 Å². The highest BCUT2D eigenvalue weighted by molar-refractivity contribution is 5.67. The molecule has 2 atom stereocenters. The summed E-state index contributed by atoms with van der Waals surface area (Å²) in [6.45, 7) is 16.1. The first-order valence-corrected chi connectivity index (χ1v) is 8.92. The number of hydrogen-bond donors (Lipinski definition) is 2. The molecule has 0 aromatic carbocycles. The molecule has 1 fully saturated rings. The zero-order chi connectivity index (χ0) is 17.7. The van der Waals surface area contributed by atoms with Crippen LogP contribution in [0.15, 0.2) is 0 Å². The van der Waals surface area contributed by atoms with Crippen molar-refractivity contribution in [3.05, 3.63) is 0 Å². The summed E-state index contributed by atoms with van der Waals surface area (Å²) in [5.41, 5.74) is -0.592. The van der Waals surface area contributed by atoms with E-state index in [4.69, 9.17) is 4.74 Å². The molecule has 2 N–H and O–H groups in total. The summed E-state index contributed by atoms with van der Waals surface area (Å²) >= 11 is 0. The summed E-state index contributed by atoms with van der Waals surface area (Å²) in [6, 6.07) is 0. The van der Waals surface area contributed by atoms with Gasteiger partial charge in [-0.1, -0.05) is 13.8 Å². The minimum absolute atomic E-state index is 0.132. The topological polar surface area (TPSA) is 53.6 Å². The lowest BCUT2D eigenvalue weighted by molar-refractivity contribution is 0.0501. The number of hydrogen-bond acceptors (Lipinski definition) is 4. The van der Waals surface area contributed by atoms with Gasteiger partial charge in [-0.2, -0.15) is 0 Å². The number of carbonyl (C=O) groups is 1. The van der Waals surface area contributed by atoms with Gasteiger partial charge in [0.2, 0.25) is 0 Å². The average molecular weight is 328 g/mol. The molecule has 5 heteroatoms. The molecule has 2 unspecified atom stereocenters. The lowest BCUT2D eigenvalue weighted by atomic mass is 9.87. The molecule has 0 spiro atoms. The average Bonchev–Trinajstić information content (AvgIpc) is 2.41. The van der Waals surface area contributed by atoms with E-state index >= 15 is 0 Å². The fourth-order valence-electron chi connectivity index (χ4n) is 2.86. The fourth-order valence-corrected chi connectivity index (χ4v) is 2.86. The van der Waals surface area contributed by atoms with Gasteiger partial charge in [-0.3, -0.25) is 0 Å². The van der Waals surface area contributed by atoms with E-state index in [2.05, 4.69) is 43.4 Å². The van der Waals surface area contributed by atoms with Crippen LogP contribution in [0.4, 0.5) is 4.79 Å². The smallest absolute Gasteiger partial charge is 0.407 e. The first-order chi connectivity index (χ1) is 10.5. The van der Waals surface area contributed by atoms with Gasteiger partial charge in [-0.15, -0.1) is 0 Å². The SMILES string of the molecule is CC(C)C(C)(CNC(=O)OC(C)(C)C)NCC1CCCN(C)C1. The molecular formula is C18H37N3O2. The molecule has 0 bridgehead atoms. The van der Waals surface area contributed by atoms with Crippen LogP contribution in [-0.4, -0.2) is 55.4 Å². The Morgan fingerprint density at radius 2 is 1.96 bits per heavy atom. The predicted molar refractivity (Wildman–Crippen MR) is 95.7 cm³/mol. The lowest BCUT2D eigenvalue weighted by Gasteiger charge is -2.38. The number of nitrogens with one attached hydrogen (secondary N) is 2. The van der Waals surface area contributed by atoms with Gasteiger partial charge in [0.25, 0.3) is 0 Å². The van der Waals surface area contributed by atoms with Crippen molar-refractivity contribution in [1.82, 2.24) is 15.5 Å². The third kappa shape index (κ3) is 7.53. The molecule has 0 aliphatic carbocycles. The van der Waals surface area contributed by atoms with Gasteiger partial charge in [0.05, 0.1) is 0 Å². The highest BCUT2D eigenvalue weighted by atomic mass is 16.6. The number of alkyl carbamates (subject to hydrolysis) is 1. The standard InChI is InChI=1S/C18H37N3O2/c1-14(2)18(6,13-19-16(22)23-17(3,4)5)20-11-15-9-8-10-21(7)12-15/h14-15,20H,8-13H2,1-7H3,(H,19,22). The van der Waals surface area contributed by atoms with E-state index in [9.17, 15) is 4.79 Å². The first kappa shape index (κ1) is 20.2. The van der Waals surface area contributed by atoms with Crippen LogP contribution >= 0.6 is 0 Å². The molecule has 1 heterocycles. The molecule has 0 aromatic rings. The molecule has 0 saturated carbocycles. The minimum Gasteiger partial charge on any atom is -0.444 e. The van der Waals surface area contributed by atoms with Gasteiger partial charge in [0.1, 0.15) is 5.60 Å². The van der Waals surface area contributed by atoms with E-state index in [-0.39, 0.29) is 11.6 Å². The Balaban J connectivity index is 2.49. The lowest BCUT2D eigenvalue weighted by Crippen LogP contribution is -2.57. The number of carbonyl (C=O) groups excluding carboxylic acids is 1. The van der Waals surface area contributed by atoms with Crippen molar-refractivity contribution in [3.8, 4) is 0 Å². The molecule has 1 aliphatic rings. The molecule has 1 amide bonds. The maximum Gasteiger partial charge on any atom is 0.407 e. The summed E-state index contributed by atoms with van der Waals surface area (Å²) < 4.78 is 5.34. The highest BCUT2D eigenvalue weighted by Crippen LogP contribution is 2.19. The Kier molecular flexibility index (Phi) is 7.33. The third-order valence-electron chi connectivity index (χ3n) is 4.79. The van der Waals surface area contributed by atoms with E-state index in [1.807, 2.05) is 20.8 Å². The highest BCUT2D eigenvalue weighted by Gasteiger charge is 2.30. The second kappa shape index (κ2) is 8.34. The zero-order valence-corrected chi connectivity index (χ0v) is 16.2. The van der Waals surface area contributed by atoms with Crippen LogP contribution in [0.2, 0.25) is 0 Å². The van der Waals surface area contributed by atoms with Gasteiger partial charge >= 0.3 is 6.09 Å². The third-order valence-corrected chi connectivity index (χ3v) is 4.79. The first-order valence-electron chi connectivity index (χ1n) is 8.92. The normalized spacial score (nSPS) is 22.7. The van der Waals surface area contributed by atoms with E-state index in [1.165, 1.54) is 19.4 Å². The van der Waals surface area contributed by atoms with E-state index in [0.717, 1.165) is 13.1 Å². The Bertz CT molecular complexity index is 379. The zero-order valence-electron chi connectivity index (χ0n) is 16.2. The second-order valence-electron chi connectivity index (χ2n) is 8.58. The molecule has 23 heavy (non-hydrogen) atoms. The number of likely N-dealkylation sites (tertiary alicyclic amines) is 1. The Morgan fingerprint density at radius 1 is 1.30 bits per heavy atom. The second-order valence-corrected chi connectivity index (χ2v) is 8.58. The van der Waals surface area contributed by atoms with Gasteiger partial charge in [0, 0.05) is 18.6 Å². The summed E-state index contributed by atoms with van der Waals surface area (Å²) in [4.78, 5) is 14.3. The fraction of sp³-hybridized carbons (Fsp3) is 0.944. The largest absolute Gasteiger partial charge is 0.444 e. The molecule has 136 valence electrons. The Labute approximate surface area is 142 Å². The monoisotopic (exact) mass is 327 g/mol. The summed E-state index contributed by atoms with van der Waals surface area (Å²) in [6.07, 6.45) is 2.21. The number of amides is 1. The van der Waals surface area contributed by atoms with Gasteiger partial charge in [0.15, 0.2) is 0 Å². The van der Waals surface area contributed by atoms with Crippen LogP contribution in [0.5, 0.6) is 0 Å². The van der Waals surface area contributed by atoms with Crippen LogP contribution in [0.3, 0.4) is 0 Å². The maximum atomic E-state index is 11.9. The van der Waals surface area contributed by atoms with Crippen LogP contribution in [0, 0.1) is 11.8 Å². The van der Waals surface area contributed by atoms with Crippen LogP contribution in [0.1, 0.15) is 54.4 Å². The van der Waals surface area contributed by atoms with Gasteiger partial charge < -0.3 is 20.3 Å². The van der Waals surface area contributed by atoms with Gasteiger partial charge in [-0.25, -0.2) is 4.79 Å². The summed E-state index contributed by atoms with van der Waals surface area (Å²) in [7, 11) is 2.19. The van der Waals surface area contributed by atoms with Crippen molar-refractivity contribution in [3.63, 3.8) is 0 Å². The number of ether oxygens (including phenoxy) is 1.